The molecule has 1 atom stereocenters. The number of aliphatic hydroxyl groups is 1. The Morgan fingerprint density at radius 1 is 1.10 bits per heavy atom. The molecule has 0 radical (unpaired) electrons. The van der Waals surface area contributed by atoms with Crippen LogP contribution in [0.4, 0.5) is 5.82 Å². The van der Waals surface area contributed by atoms with Gasteiger partial charge in [-0.1, -0.05) is 29.8 Å². The highest BCUT2D eigenvalue weighted by molar-refractivity contribution is 6.31. The second-order valence-corrected chi connectivity index (χ2v) is 9.70. The summed E-state index contributed by atoms with van der Waals surface area (Å²) in [6.07, 6.45) is 0.231. The van der Waals surface area contributed by atoms with Crippen LogP contribution < -0.4 is 4.90 Å². The van der Waals surface area contributed by atoms with E-state index in [2.05, 4.69) is 20.9 Å². The number of aryl methyl sites for hydroxylation is 2. The summed E-state index contributed by atoms with van der Waals surface area (Å²) in [5, 5.41) is 11.1. The Hall–Kier alpha value is -1.73. The average Bonchev–Trinajstić information content (AvgIpc) is 2.70. The lowest BCUT2D eigenvalue weighted by Gasteiger charge is -2.37. The minimum Gasteiger partial charge on any atom is -0.389 e. The lowest BCUT2D eigenvalue weighted by Crippen LogP contribution is -2.50. The Kier molecular flexibility index (Phi) is 7.92. The molecule has 1 aromatic carbocycles. The molecule has 1 aliphatic rings. The molecule has 170 valence electrons. The molecule has 2 aromatic rings. The Balaban J connectivity index is 1.67. The molecule has 6 nitrogen and oxygen atoms in total. The number of aromatic nitrogens is 2. The fourth-order valence-corrected chi connectivity index (χ4v) is 4.06. The molecular weight excluding hydrogens is 412 g/mol. The van der Waals surface area contributed by atoms with Gasteiger partial charge in [0.15, 0.2) is 0 Å². The van der Waals surface area contributed by atoms with E-state index in [1.165, 1.54) is 0 Å². The van der Waals surface area contributed by atoms with Gasteiger partial charge in [-0.05, 0) is 46.2 Å². The van der Waals surface area contributed by atoms with Crippen LogP contribution in [-0.2, 0) is 11.2 Å². The van der Waals surface area contributed by atoms with Gasteiger partial charge in [0.1, 0.15) is 11.6 Å². The van der Waals surface area contributed by atoms with Crippen LogP contribution >= 0.6 is 11.6 Å². The molecule has 1 aliphatic heterocycles. The number of ether oxygens (including phenoxy) is 1. The number of benzene rings is 1. The highest BCUT2D eigenvalue weighted by atomic mass is 35.5. The molecule has 0 bridgehead atoms. The Bertz CT molecular complexity index is 876. The first-order valence-corrected chi connectivity index (χ1v) is 11.4. The molecule has 0 spiro atoms. The van der Waals surface area contributed by atoms with E-state index < -0.39 is 6.10 Å². The van der Waals surface area contributed by atoms with Crippen LogP contribution in [0.5, 0.6) is 0 Å². The van der Waals surface area contributed by atoms with Gasteiger partial charge < -0.3 is 14.7 Å². The third kappa shape index (κ3) is 6.88. The van der Waals surface area contributed by atoms with Gasteiger partial charge in [0.25, 0.3) is 0 Å². The molecule has 1 aromatic heterocycles. The molecular formula is C24H35ClN4O2. The second kappa shape index (κ2) is 10.3. The number of nitrogens with zero attached hydrogens (tertiary/aromatic N) is 4. The first kappa shape index (κ1) is 23.9. The lowest BCUT2D eigenvalue weighted by molar-refractivity contribution is -0.0563. The standard InChI is InChI=1S/C24H35ClN4O2/c1-17-21(14-19-8-6-7-9-22(19)25)23(27-18(2)26-17)29-12-10-28(11-13-29)15-20(30)16-31-24(3,4)5/h6-9,20,30H,10-16H2,1-5H3. The minimum atomic E-state index is -0.481. The molecule has 1 fully saturated rings. The predicted molar refractivity (Wildman–Crippen MR) is 126 cm³/mol. The van der Waals surface area contributed by atoms with Crippen molar-refractivity contribution in [2.75, 3.05) is 44.2 Å². The number of rotatable bonds is 7. The van der Waals surface area contributed by atoms with Crippen LogP contribution in [0.3, 0.4) is 0 Å². The van der Waals surface area contributed by atoms with E-state index in [0.29, 0.717) is 19.6 Å². The maximum Gasteiger partial charge on any atom is 0.136 e. The van der Waals surface area contributed by atoms with Gasteiger partial charge in [0, 0.05) is 55.4 Å². The van der Waals surface area contributed by atoms with Gasteiger partial charge in [-0.2, -0.15) is 0 Å². The van der Waals surface area contributed by atoms with E-state index in [9.17, 15) is 5.11 Å². The smallest absolute Gasteiger partial charge is 0.136 e. The van der Waals surface area contributed by atoms with Crippen molar-refractivity contribution in [2.24, 2.45) is 0 Å². The number of piperazine rings is 1. The number of anilines is 1. The molecule has 31 heavy (non-hydrogen) atoms. The number of aliphatic hydroxyl groups excluding tert-OH is 1. The average molecular weight is 447 g/mol. The van der Waals surface area contributed by atoms with Crippen molar-refractivity contribution >= 4 is 17.4 Å². The quantitative estimate of drug-likeness (QED) is 0.700. The number of hydrogen-bond donors (Lipinski definition) is 1. The SMILES string of the molecule is Cc1nc(C)c(Cc2ccccc2Cl)c(N2CCN(CC(O)COC(C)(C)C)CC2)n1. The summed E-state index contributed by atoms with van der Waals surface area (Å²) in [5.74, 6) is 1.79. The Morgan fingerprint density at radius 3 is 2.42 bits per heavy atom. The van der Waals surface area contributed by atoms with E-state index >= 15 is 0 Å². The topological polar surface area (TPSA) is 61.7 Å². The predicted octanol–water partition coefficient (Wildman–Crippen LogP) is 3.64. The van der Waals surface area contributed by atoms with E-state index in [-0.39, 0.29) is 5.60 Å². The number of halogens is 1. The van der Waals surface area contributed by atoms with Gasteiger partial charge in [-0.15, -0.1) is 0 Å². The van der Waals surface area contributed by atoms with Crippen LogP contribution in [0.25, 0.3) is 0 Å². The van der Waals surface area contributed by atoms with Gasteiger partial charge in [-0.25, -0.2) is 9.97 Å². The zero-order chi connectivity index (χ0) is 22.6. The van der Waals surface area contributed by atoms with E-state index in [1.807, 2.05) is 52.8 Å². The summed E-state index contributed by atoms with van der Waals surface area (Å²) in [5.41, 5.74) is 2.98. The highest BCUT2D eigenvalue weighted by Crippen LogP contribution is 2.27. The van der Waals surface area contributed by atoms with Crippen molar-refractivity contribution in [1.29, 1.82) is 0 Å². The fraction of sp³-hybridized carbons (Fsp3) is 0.583. The Morgan fingerprint density at radius 2 is 1.77 bits per heavy atom. The first-order valence-electron chi connectivity index (χ1n) is 11.0. The van der Waals surface area contributed by atoms with Gasteiger partial charge in [0.2, 0.25) is 0 Å². The third-order valence-electron chi connectivity index (χ3n) is 5.48. The van der Waals surface area contributed by atoms with Crippen LogP contribution in [0.1, 0.15) is 43.4 Å². The fourth-order valence-electron chi connectivity index (χ4n) is 3.86. The first-order chi connectivity index (χ1) is 14.6. The summed E-state index contributed by atoms with van der Waals surface area (Å²) < 4.78 is 5.72. The van der Waals surface area contributed by atoms with Gasteiger partial charge in [0.05, 0.1) is 18.3 Å². The molecule has 0 amide bonds. The maximum atomic E-state index is 10.3. The zero-order valence-corrected chi connectivity index (χ0v) is 20.1. The summed E-state index contributed by atoms with van der Waals surface area (Å²) in [6, 6.07) is 7.95. The van der Waals surface area contributed by atoms with Crippen LogP contribution in [0, 0.1) is 13.8 Å². The highest BCUT2D eigenvalue weighted by Gasteiger charge is 2.24. The van der Waals surface area contributed by atoms with Crippen molar-refractivity contribution in [1.82, 2.24) is 14.9 Å². The lowest BCUT2D eigenvalue weighted by atomic mass is 10.0. The molecule has 1 unspecified atom stereocenters. The molecule has 1 saturated heterocycles. The monoisotopic (exact) mass is 446 g/mol. The van der Waals surface area contributed by atoms with E-state index in [4.69, 9.17) is 21.3 Å². The van der Waals surface area contributed by atoms with Crippen LogP contribution in [0.2, 0.25) is 5.02 Å². The van der Waals surface area contributed by atoms with E-state index in [0.717, 1.165) is 59.7 Å². The van der Waals surface area contributed by atoms with Crippen molar-refractivity contribution in [3.05, 3.63) is 51.9 Å². The largest absolute Gasteiger partial charge is 0.389 e. The molecule has 3 rings (SSSR count). The van der Waals surface area contributed by atoms with Gasteiger partial charge in [-0.3, -0.25) is 4.90 Å². The summed E-state index contributed by atoms with van der Waals surface area (Å²) in [7, 11) is 0. The number of β-amino-alcohol motifs (C(OH)–C–C–N with tert-alkyl or cyclic N) is 1. The Labute approximate surface area is 191 Å². The van der Waals surface area contributed by atoms with E-state index in [1.54, 1.807) is 0 Å². The molecule has 1 N–H and O–H groups in total. The zero-order valence-electron chi connectivity index (χ0n) is 19.4. The minimum absolute atomic E-state index is 0.236. The maximum absolute atomic E-state index is 10.3. The summed E-state index contributed by atoms with van der Waals surface area (Å²) in [6.45, 7) is 14.5. The van der Waals surface area contributed by atoms with Crippen molar-refractivity contribution in [2.45, 2.75) is 52.7 Å². The third-order valence-corrected chi connectivity index (χ3v) is 5.85. The van der Waals surface area contributed by atoms with Crippen LogP contribution in [0.15, 0.2) is 24.3 Å². The molecule has 0 saturated carbocycles. The van der Waals surface area contributed by atoms with Crippen molar-refractivity contribution in [3.8, 4) is 0 Å². The molecule has 2 heterocycles. The van der Waals surface area contributed by atoms with Crippen molar-refractivity contribution < 1.29 is 9.84 Å². The summed E-state index contributed by atoms with van der Waals surface area (Å²) >= 11 is 6.42. The number of hydrogen-bond acceptors (Lipinski definition) is 6. The normalized spacial score (nSPS) is 16.5. The van der Waals surface area contributed by atoms with Gasteiger partial charge >= 0.3 is 0 Å². The van der Waals surface area contributed by atoms with Crippen LogP contribution in [-0.4, -0.2) is 71.0 Å². The van der Waals surface area contributed by atoms with Crippen molar-refractivity contribution in [3.63, 3.8) is 0 Å². The second-order valence-electron chi connectivity index (χ2n) is 9.29. The summed E-state index contributed by atoms with van der Waals surface area (Å²) in [4.78, 5) is 14.1. The molecule has 0 aliphatic carbocycles. The molecule has 7 heteroatoms.